The second kappa shape index (κ2) is 6.96. The number of aromatic nitrogens is 1. The Kier molecular flexibility index (Phi) is 5.01. The molecule has 0 aliphatic carbocycles. The molecule has 1 aromatic carbocycles. The summed E-state index contributed by atoms with van der Waals surface area (Å²) in [5.74, 6) is -0.786. The number of hydrogen-bond donors (Lipinski definition) is 1. The van der Waals surface area contributed by atoms with E-state index in [0.717, 1.165) is 11.4 Å². The Morgan fingerprint density at radius 1 is 1.26 bits per heavy atom. The molecule has 1 aromatic heterocycles. The first-order valence-electron chi connectivity index (χ1n) is 7.21. The van der Waals surface area contributed by atoms with Gasteiger partial charge in [0.25, 0.3) is 0 Å². The normalized spacial score (nSPS) is 10.3. The number of ketones is 1. The van der Waals surface area contributed by atoms with Crippen LogP contribution in [0.25, 0.3) is 0 Å². The van der Waals surface area contributed by atoms with Crippen LogP contribution in [0.3, 0.4) is 0 Å². The Hall–Kier alpha value is -2.82. The van der Waals surface area contributed by atoms with Gasteiger partial charge in [-0.15, -0.1) is 6.58 Å². The van der Waals surface area contributed by atoms with E-state index in [4.69, 9.17) is 4.74 Å². The van der Waals surface area contributed by atoms with Gasteiger partial charge in [-0.1, -0.05) is 6.08 Å². The van der Waals surface area contributed by atoms with Gasteiger partial charge in [0, 0.05) is 23.5 Å². The van der Waals surface area contributed by atoms with E-state index in [0.29, 0.717) is 12.1 Å². The lowest BCUT2D eigenvalue weighted by Gasteiger charge is -2.07. The van der Waals surface area contributed by atoms with Crippen LogP contribution in [0.2, 0.25) is 0 Å². The zero-order valence-corrected chi connectivity index (χ0v) is 13.2. The number of nitrogens with zero attached hydrogens (tertiary/aromatic N) is 1. The van der Waals surface area contributed by atoms with E-state index >= 15 is 0 Å². The van der Waals surface area contributed by atoms with Crippen LogP contribution in [-0.4, -0.2) is 28.0 Å². The minimum atomic E-state index is -0.599. The van der Waals surface area contributed by atoms with Crippen molar-refractivity contribution in [1.29, 1.82) is 0 Å². The molecule has 0 bridgehead atoms. The summed E-state index contributed by atoms with van der Waals surface area (Å²) in [7, 11) is 0. The third kappa shape index (κ3) is 3.69. The average Bonchev–Trinajstić information content (AvgIpc) is 2.81. The van der Waals surface area contributed by atoms with Crippen LogP contribution < -0.4 is 0 Å². The van der Waals surface area contributed by atoms with E-state index in [-0.39, 0.29) is 23.7 Å². The monoisotopic (exact) mass is 313 g/mol. The molecule has 0 saturated carbocycles. The zero-order valence-electron chi connectivity index (χ0n) is 13.2. The molecule has 0 aliphatic heterocycles. The maximum atomic E-state index is 12.3. The van der Waals surface area contributed by atoms with Crippen molar-refractivity contribution in [2.75, 3.05) is 6.61 Å². The standard InChI is InChI=1S/C18H19NO4/c1-4-9-19-12(2)10-16(13(19)3)17(21)11-23-18(22)14-5-7-15(20)8-6-14/h4-8,10,20H,1,9,11H2,2-3H3. The first kappa shape index (κ1) is 16.5. The average molecular weight is 313 g/mol. The molecule has 5 heteroatoms. The fourth-order valence-corrected chi connectivity index (χ4v) is 2.38. The second-order valence-electron chi connectivity index (χ2n) is 5.23. The summed E-state index contributed by atoms with van der Waals surface area (Å²) in [5.41, 5.74) is 2.61. The Balaban J connectivity index is 2.05. The summed E-state index contributed by atoms with van der Waals surface area (Å²) >= 11 is 0. The molecule has 0 amide bonds. The first-order chi connectivity index (χ1) is 10.9. The van der Waals surface area contributed by atoms with Gasteiger partial charge in [0.15, 0.2) is 6.61 Å². The molecule has 0 atom stereocenters. The highest BCUT2D eigenvalue weighted by molar-refractivity contribution is 6.00. The Morgan fingerprint density at radius 2 is 1.91 bits per heavy atom. The molecule has 5 nitrogen and oxygen atoms in total. The van der Waals surface area contributed by atoms with Crippen LogP contribution >= 0.6 is 0 Å². The minimum absolute atomic E-state index is 0.0623. The zero-order chi connectivity index (χ0) is 17.0. The van der Waals surface area contributed by atoms with Gasteiger partial charge >= 0.3 is 5.97 Å². The van der Waals surface area contributed by atoms with Crippen LogP contribution in [-0.2, 0) is 11.3 Å². The summed E-state index contributed by atoms with van der Waals surface area (Å²) in [6.45, 7) is 7.77. The van der Waals surface area contributed by atoms with E-state index in [1.807, 2.05) is 18.4 Å². The van der Waals surface area contributed by atoms with Crippen LogP contribution in [0, 0.1) is 13.8 Å². The fraction of sp³-hybridized carbons (Fsp3) is 0.222. The lowest BCUT2D eigenvalue weighted by atomic mass is 10.1. The molecule has 0 radical (unpaired) electrons. The predicted octanol–water partition coefficient (Wildman–Crippen LogP) is 3.04. The molecule has 0 unspecified atom stereocenters. The number of esters is 1. The smallest absolute Gasteiger partial charge is 0.338 e. The number of phenols is 1. The molecule has 1 N–H and O–H groups in total. The van der Waals surface area contributed by atoms with Crippen molar-refractivity contribution in [3.05, 3.63) is 65.5 Å². The largest absolute Gasteiger partial charge is 0.508 e. The van der Waals surface area contributed by atoms with Crippen LogP contribution in [0.15, 0.2) is 43.0 Å². The minimum Gasteiger partial charge on any atom is -0.508 e. The van der Waals surface area contributed by atoms with Crippen LogP contribution in [0.5, 0.6) is 5.75 Å². The molecule has 120 valence electrons. The summed E-state index contributed by atoms with van der Waals surface area (Å²) in [4.78, 5) is 24.1. The number of rotatable bonds is 6. The molecule has 2 rings (SSSR count). The van der Waals surface area contributed by atoms with Gasteiger partial charge in [0.05, 0.1) is 5.56 Å². The van der Waals surface area contributed by atoms with E-state index in [9.17, 15) is 14.7 Å². The second-order valence-corrected chi connectivity index (χ2v) is 5.23. The summed E-state index contributed by atoms with van der Waals surface area (Å²) in [6, 6.07) is 7.45. The Bertz CT molecular complexity index is 741. The third-order valence-corrected chi connectivity index (χ3v) is 3.62. The van der Waals surface area contributed by atoms with Crippen molar-refractivity contribution < 1.29 is 19.4 Å². The lowest BCUT2D eigenvalue weighted by Crippen LogP contribution is -2.15. The highest BCUT2D eigenvalue weighted by Gasteiger charge is 2.17. The van der Waals surface area contributed by atoms with Crippen molar-refractivity contribution in [2.45, 2.75) is 20.4 Å². The fourth-order valence-electron chi connectivity index (χ4n) is 2.38. The van der Waals surface area contributed by atoms with E-state index in [1.54, 1.807) is 12.1 Å². The Labute approximate surface area is 134 Å². The number of ether oxygens (including phenoxy) is 1. The number of aromatic hydroxyl groups is 1. The number of hydrogen-bond acceptors (Lipinski definition) is 4. The quantitative estimate of drug-likeness (QED) is 0.505. The SMILES string of the molecule is C=CCn1c(C)cc(C(=O)COC(=O)c2ccc(O)cc2)c1C. The molecule has 2 aromatic rings. The van der Waals surface area contributed by atoms with Crippen molar-refractivity contribution in [2.24, 2.45) is 0 Å². The first-order valence-corrected chi connectivity index (χ1v) is 7.21. The number of carbonyl (C=O) groups is 2. The number of carbonyl (C=O) groups excluding carboxylic acids is 2. The van der Waals surface area contributed by atoms with Gasteiger partial charge in [-0.25, -0.2) is 4.79 Å². The highest BCUT2D eigenvalue weighted by Crippen LogP contribution is 2.16. The summed E-state index contributed by atoms with van der Waals surface area (Å²) in [5, 5.41) is 9.19. The van der Waals surface area contributed by atoms with Crippen LogP contribution in [0.1, 0.15) is 32.1 Å². The van der Waals surface area contributed by atoms with Gasteiger partial charge in [-0.3, -0.25) is 4.79 Å². The number of Topliss-reactive ketones (excluding diaryl/α,β-unsaturated/α-hetero) is 1. The van der Waals surface area contributed by atoms with Gasteiger partial charge < -0.3 is 14.4 Å². The van der Waals surface area contributed by atoms with Crippen molar-refractivity contribution in [3.8, 4) is 5.75 Å². The maximum Gasteiger partial charge on any atom is 0.338 e. The van der Waals surface area contributed by atoms with E-state index in [2.05, 4.69) is 6.58 Å². The third-order valence-electron chi connectivity index (χ3n) is 3.62. The maximum absolute atomic E-state index is 12.3. The van der Waals surface area contributed by atoms with Gasteiger partial charge in [0.1, 0.15) is 5.75 Å². The van der Waals surface area contributed by atoms with Crippen molar-refractivity contribution >= 4 is 11.8 Å². The molecule has 0 fully saturated rings. The van der Waals surface area contributed by atoms with E-state index in [1.165, 1.54) is 24.3 Å². The highest BCUT2D eigenvalue weighted by atomic mass is 16.5. The van der Waals surface area contributed by atoms with Gasteiger partial charge in [-0.2, -0.15) is 0 Å². The predicted molar refractivity (Wildman–Crippen MR) is 86.8 cm³/mol. The number of benzene rings is 1. The molecule has 0 spiro atoms. The van der Waals surface area contributed by atoms with Gasteiger partial charge in [-0.05, 0) is 44.2 Å². The topological polar surface area (TPSA) is 68.5 Å². The molecule has 0 saturated heterocycles. The van der Waals surface area contributed by atoms with E-state index < -0.39 is 5.97 Å². The molecule has 1 heterocycles. The molecule has 0 aliphatic rings. The molecular weight excluding hydrogens is 294 g/mol. The number of aryl methyl sites for hydroxylation is 1. The number of allylic oxidation sites excluding steroid dienone is 1. The molecular formula is C18H19NO4. The van der Waals surface area contributed by atoms with Crippen molar-refractivity contribution in [3.63, 3.8) is 0 Å². The van der Waals surface area contributed by atoms with Crippen LogP contribution in [0.4, 0.5) is 0 Å². The molecule has 23 heavy (non-hydrogen) atoms. The van der Waals surface area contributed by atoms with Gasteiger partial charge in [0.2, 0.25) is 5.78 Å². The lowest BCUT2D eigenvalue weighted by molar-refractivity contribution is 0.0474. The summed E-state index contributed by atoms with van der Waals surface area (Å²) < 4.78 is 7.02. The Morgan fingerprint density at radius 3 is 2.52 bits per heavy atom. The van der Waals surface area contributed by atoms with Crippen molar-refractivity contribution in [1.82, 2.24) is 4.57 Å². The number of phenolic OH excluding ortho intramolecular Hbond substituents is 1. The summed E-state index contributed by atoms with van der Waals surface area (Å²) in [6.07, 6.45) is 1.76.